The Morgan fingerprint density at radius 1 is 0.571 bits per heavy atom. The van der Waals surface area contributed by atoms with Crippen molar-refractivity contribution in [2.75, 3.05) is 20.8 Å². The van der Waals surface area contributed by atoms with E-state index in [1.54, 1.807) is 0 Å². The van der Waals surface area contributed by atoms with Gasteiger partial charge in [0.2, 0.25) is 0 Å². The smallest absolute Gasteiger partial charge is 0.402 e. The number of nitrogens with two attached hydrogens (primary N) is 1. The molecule has 0 aliphatic carbocycles. The second kappa shape index (κ2) is 46.7. The van der Waals surface area contributed by atoms with Gasteiger partial charge in [-0.25, -0.2) is 4.18 Å². The van der Waals surface area contributed by atoms with Gasteiger partial charge in [-0.05, 0) is 33.7 Å². The van der Waals surface area contributed by atoms with Crippen LogP contribution in [0.15, 0.2) is 0 Å². The van der Waals surface area contributed by atoms with Crippen LogP contribution in [0.5, 0.6) is 0 Å². The average Bonchev–Trinajstić information content (AvgIpc) is 3.06. The minimum absolute atomic E-state index is 0.0319. The maximum Gasteiger partial charge on any atom is 0.402 e. The highest BCUT2D eigenvalue weighted by Gasteiger charge is 2.11. The van der Waals surface area contributed by atoms with Crippen molar-refractivity contribution in [3.63, 3.8) is 0 Å². The third-order valence-electron chi connectivity index (χ3n) is 7.75. The quantitative estimate of drug-likeness (QED) is 0.0345. The summed E-state index contributed by atoms with van der Waals surface area (Å²) < 4.78 is 33.1. The number of aliphatic carboxylic acids is 1. The Morgan fingerprint density at radius 2 is 0.857 bits per heavy atom. The van der Waals surface area contributed by atoms with E-state index in [9.17, 15) is 18.0 Å². The number of carbonyl (C=O) groups excluding carboxylic acids is 1. The maximum absolute atomic E-state index is 11.1. The normalized spacial score (nSPS) is 11.3. The number of hydrogen-bond donors (Lipinski definition) is 3. The molecule has 1 unspecified atom stereocenters. The van der Waals surface area contributed by atoms with Gasteiger partial charge in [0.05, 0.1) is 13.7 Å². The number of carboxylic acids is 1. The van der Waals surface area contributed by atoms with E-state index in [0.29, 0.717) is 19.4 Å². The third-order valence-corrected chi connectivity index (χ3v) is 8.67. The van der Waals surface area contributed by atoms with Gasteiger partial charge in [0.15, 0.2) is 6.29 Å². The summed E-state index contributed by atoms with van der Waals surface area (Å²) >= 11 is 0. The maximum atomic E-state index is 11.1. The Balaban J connectivity index is -0.000000321. The molecule has 11 heteroatoms. The summed E-state index contributed by atoms with van der Waals surface area (Å²) in [6.45, 7) is 8.07. The van der Waals surface area contributed by atoms with E-state index in [0.717, 1.165) is 33.3 Å². The monoisotopic (exact) mass is 728 g/mol. The first-order valence-electron chi connectivity index (χ1n) is 19.7. The molecule has 0 heterocycles. The van der Waals surface area contributed by atoms with Crippen LogP contribution in [0.2, 0.25) is 0 Å². The van der Waals surface area contributed by atoms with Gasteiger partial charge in [-0.2, -0.15) is 8.42 Å². The molecule has 0 aromatic heterocycles. The molecule has 298 valence electrons. The highest BCUT2D eigenvalue weighted by atomic mass is 32.3. The van der Waals surface area contributed by atoms with Crippen molar-refractivity contribution in [2.45, 2.75) is 214 Å². The number of aliphatic hydroxyl groups excluding tert-OH is 1. The first-order chi connectivity index (χ1) is 23.6. The van der Waals surface area contributed by atoms with E-state index in [-0.39, 0.29) is 5.97 Å². The molecule has 0 saturated carbocycles. The van der Waals surface area contributed by atoms with Crippen LogP contribution in [0.3, 0.4) is 0 Å². The number of carboxylic acid groups (broad SMARTS) is 1. The van der Waals surface area contributed by atoms with E-state index in [1.807, 2.05) is 6.92 Å². The van der Waals surface area contributed by atoms with Crippen LogP contribution in [-0.2, 0) is 33.1 Å². The summed E-state index contributed by atoms with van der Waals surface area (Å²) in [6, 6.07) is 0. The minimum atomic E-state index is -3.97. The summed E-state index contributed by atoms with van der Waals surface area (Å²) in [5.74, 6) is -0.686. The Hall–Kier alpha value is -1.27. The number of rotatable bonds is 32. The zero-order valence-corrected chi connectivity index (χ0v) is 33.6. The standard InChI is InChI=1S/C18H36O2.C16H32O2.C3H8O5S.CH5N/c1-3-5-6-7-8-9-10-11-12-13-14-15-16-17-18(19)20-4-2;1-2-3-4-5-6-7-8-9-10-11-12-13-14-15-16(17)18;1-3(4)8-9(5,6)7-2;1-2/h3-17H2,1-2H3;2-15H2,1H3,(H,17,18);3-4H,1-2H3;2H2,1H3. The fourth-order valence-corrected chi connectivity index (χ4v) is 5.44. The molecular weight excluding hydrogens is 646 g/mol. The molecule has 49 heavy (non-hydrogen) atoms. The number of esters is 1. The van der Waals surface area contributed by atoms with E-state index >= 15 is 0 Å². The Bertz CT molecular complexity index is 749. The van der Waals surface area contributed by atoms with Crippen molar-refractivity contribution < 1.29 is 41.3 Å². The molecule has 0 bridgehead atoms. The predicted molar refractivity (Wildman–Crippen MR) is 204 cm³/mol. The fraction of sp³-hybridized carbons (Fsp3) is 0.947. The van der Waals surface area contributed by atoms with Crippen LogP contribution in [0.25, 0.3) is 0 Å². The number of aliphatic hydroxyl groups is 1. The number of carbonyl (C=O) groups is 2. The lowest BCUT2D eigenvalue weighted by atomic mass is 10.0. The SMILES string of the molecule is CCCCCCCCCCCCCCCC(=O)O.CCCCCCCCCCCCCCCC(=O)OCC.CN.COS(=O)(=O)OC(C)O. The van der Waals surface area contributed by atoms with Crippen molar-refractivity contribution in [1.82, 2.24) is 0 Å². The van der Waals surface area contributed by atoms with E-state index < -0.39 is 22.7 Å². The molecule has 1 atom stereocenters. The predicted octanol–water partition coefficient (Wildman–Crippen LogP) is 10.4. The third kappa shape index (κ3) is 59.2. The number of hydrogen-bond acceptors (Lipinski definition) is 9. The zero-order chi connectivity index (χ0) is 37.9. The topological polar surface area (TPSA) is 162 Å². The molecule has 0 radical (unpaired) electrons. The molecular formula is C38H81NO9S. The molecule has 0 rings (SSSR count). The van der Waals surface area contributed by atoms with Gasteiger partial charge >= 0.3 is 22.3 Å². The van der Waals surface area contributed by atoms with Crippen LogP contribution in [0.1, 0.15) is 207 Å². The highest BCUT2D eigenvalue weighted by Crippen LogP contribution is 2.14. The molecule has 0 aromatic carbocycles. The summed E-state index contributed by atoms with van der Waals surface area (Å²) in [6.07, 6.45) is 33.9. The summed E-state index contributed by atoms with van der Waals surface area (Å²) in [4.78, 5) is 21.4. The molecule has 10 nitrogen and oxygen atoms in total. The molecule has 4 N–H and O–H groups in total. The first-order valence-corrected chi connectivity index (χ1v) is 21.0. The summed E-state index contributed by atoms with van der Waals surface area (Å²) in [5.41, 5.74) is 4.50. The van der Waals surface area contributed by atoms with Gasteiger partial charge in [0, 0.05) is 12.8 Å². The Labute approximate surface area is 303 Å². The number of ether oxygens (including phenoxy) is 1. The lowest BCUT2D eigenvalue weighted by molar-refractivity contribution is -0.143. The molecule has 0 aliphatic heterocycles. The molecule has 0 amide bonds. The lowest BCUT2D eigenvalue weighted by Crippen LogP contribution is -2.15. The van der Waals surface area contributed by atoms with Crippen LogP contribution >= 0.6 is 0 Å². The van der Waals surface area contributed by atoms with Crippen LogP contribution in [0, 0.1) is 0 Å². The minimum Gasteiger partial charge on any atom is -0.481 e. The highest BCUT2D eigenvalue weighted by molar-refractivity contribution is 7.81. The molecule has 0 aromatic rings. The van der Waals surface area contributed by atoms with Gasteiger partial charge in [0.25, 0.3) is 0 Å². The van der Waals surface area contributed by atoms with E-state index in [2.05, 4.69) is 27.9 Å². The Morgan fingerprint density at radius 3 is 1.08 bits per heavy atom. The van der Waals surface area contributed by atoms with E-state index in [1.165, 1.54) is 155 Å². The van der Waals surface area contributed by atoms with Crippen LogP contribution < -0.4 is 5.73 Å². The molecule has 0 spiro atoms. The van der Waals surface area contributed by atoms with Crippen molar-refractivity contribution in [3.8, 4) is 0 Å². The van der Waals surface area contributed by atoms with Crippen molar-refractivity contribution >= 4 is 22.3 Å². The van der Waals surface area contributed by atoms with Gasteiger partial charge < -0.3 is 20.7 Å². The van der Waals surface area contributed by atoms with Crippen molar-refractivity contribution in [2.24, 2.45) is 5.73 Å². The zero-order valence-electron chi connectivity index (χ0n) is 32.8. The second-order valence-electron chi connectivity index (χ2n) is 12.5. The Kier molecular flexibility index (Phi) is 52.0. The number of unbranched alkanes of at least 4 members (excludes halogenated alkanes) is 24. The lowest BCUT2D eigenvalue weighted by Gasteiger charge is -2.03. The van der Waals surface area contributed by atoms with Gasteiger partial charge in [0.1, 0.15) is 0 Å². The van der Waals surface area contributed by atoms with Crippen LogP contribution in [-0.4, -0.2) is 57.6 Å². The van der Waals surface area contributed by atoms with Gasteiger partial charge in [-0.15, -0.1) is 0 Å². The van der Waals surface area contributed by atoms with Crippen molar-refractivity contribution in [3.05, 3.63) is 0 Å². The summed E-state index contributed by atoms with van der Waals surface area (Å²) in [5, 5.41) is 16.8. The second-order valence-corrected chi connectivity index (χ2v) is 13.8. The molecule has 0 saturated heterocycles. The van der Waals surface area contributed by atoms with E-state index in [4.69, 9.17) is 14.9 Å². The largest absolute Gasteiger partial charge is 0.481 e. The van der Waals surface area contributed by atoms with Gasteiger partial charge in [-0.3, -0.25) is 13.8 Å². The summed E-state index contributed by atoms with van der Waals surface area (Å²) in [7, 11) is -1.53. The average molecular weight is 728 g/mol. The fourth-order valence-electron chi connectivity index (χ4n) is 5.02. The molecule has 0 fully saturated rings. The van der Waals surface area contributed by atoms with Crippen molar-refractivity contribution in [1.29, 1.82) is 0 Å². The first kappa shape index (κ1) is 54.5. The van der Waals surface area contributed by atoms with Crippen LogP contribution in [0.4, 0.5) is 0 Å². The van der Waals surface area contributed by atoms with Gasteiger partial charge in [-0.1, -0.05) is 168 Å². The molecule has 0 aliphatic rings.